The fourth-order valence-electron chi connectivity index (χ4n) is 5.16. The number of unbranched alkanes of at least 4 members (excludes halogenated alkanes) is 3. The number of ether oxygens (including phenoxy) is 2. The zero-order chi connectivity index (χ0) is 46.5. The summed E-state index contributed by atoms with van der Waals surface area (Å²) in [5.41, 5.74) is 0. The normalized spacial score (nSPS) is 15.2. The number of hydrogen-bond acceptors (Lipinski definition) is 9. The van der Waals surface area contributed by atoms with Crippen molar-refractivity contribution in [1.29, 1.82) is 0 Å². The van der Waals surface area contributed by atoms with Crippen LogP contribution in [0.4, 0.5) is 0 Å². The molecule has 354 valence electrons. The van der Waals surface area contributed by atoms with Crippen molar-refractivity contribution in [2.24, 2.45) is 0 Å². The van der Waals surface area contributed by atoms with Crippen molar-refractivity contribution in [2.75, 3.05) is 47.5 Å². The number of hydrogen-bond donors (Lipinski definition) is 1. The molecule has 0 aromatic heterocycles. The third-order valence-electron chi connectivity index (χ3n) is 8.79. The summed E-state index contributed by atoms with van der Waals surface area (Å²) in [6.45, 7) is 3.68. The first-order valence-corrected chi connectivity index (χ1v) is 24.5. The van der Waals surface area contributed by atoms with E-state index in [1.807, 2.05) is 45.4 Å². The van der Waals surface area contributed by atoms with E-state index in [1.54, 1.807) is 12.2 Å². The molecule has 0 bridgehead atoms. The summed E-state index contributed by atoms with van der Waals surface area (Å²) in [6, 6.07) is 0. The van der Waals surface area contributed by atoms with Gasteiger partial charge >= 0.3 is 11.9 Å². The molecule has 0 spiro atoms. The molecule has 0 fully saturated rings. The Kier molecular flexibility index (Phi) is 39.5. The van der Waals surface area contributed by atoms with E-state index in [0.717, 1.165) is 57.8 Å². The highest BCUT2D eigenvalue weighted by atomic mass is 31.2. The highest BCUT2D eigenvalue weighted by Crippen LogP contribution is 2.38. The molecule has 0 amide bonds. The lowest BCUT2D eigenvalue weighted by Gasteiger charge is -2.28. The second-order valence-corrected chi connectivity index (χ2v) is 17.3. The van der Waals surface area contributed by atoms with Gasteiger partial charge in [-0.15, -0.1) is 0 Å². The molecule has 0 radical (unpaired) electrons. The molecule has 0 aliphatic carbocycles. The molecule has 0 aliphatic rings. The third kappa shape index (κ3) is 45.9. The van der Waals surface area contributed by atoms with Gasteiger partial charge in [0, 0.05) is 12.8 Å². The Hall–Kier alpha value is -3.89. The lowest BCUT2D eigenvalue weighted by Crippen LogP contribution is -2.37. The van der Waals surface area contributed by atoms with Gasteiger partial charge in [0.15, 0.2) is 6.10 Å². The minimum atomic E-state index is -4.72. The van der Waals surface area contributed by atoms with Crippen LogP contribution in [0, 0.1) is 0 Å². The molecule has 0 saturated carbocycles. The summed E-state index contributed by atoms with van der Waals surface area (Å²) in [5.74, 6) is -1.23. The Balaban J connectivity index is 4.72. The van der Waals surface area contributed by atoms with Gasteiger partial charge in [0.2, 0.25) is 0 Å². The van der Waals surface area contributed by atoms with Crippen LogP contribution in [0.2, 0.25) is 0 Å². The molecule has 2 unspecified atom stereocenters. The van der Waals surface area contributed by atoms with Gasteiger partial charge in [-0.1, -0.05) is 160 Å². The summed E-state index contributed by atoms with van der Waals surface area (Å²) in [6.07, 6.45) is 56.8. The largest absolute Gasteiger partial charge is 0.756 e. The number of carbonyl (C=O) groups is 2. The van der Waals surface area contributed by atoms with Gasteiger partial charge in [-0.25, -0.2) is 0 Å². The topological polar surface area (TPSA) is 131 Å². The van der Waals surface area contributed by atoms with Crippen molar-refractivity contribution in [2.45, 2.75) is 135 Å². The number of nitrogens with zero attached hydrogens (tertiary/aromatic N) is 1. The molecule has 0 aromatic rings. The highest BCUT2D eigenvalue weighted by molar-refractivity contribution is 7.45. The van der Waals surface area contributed by atoms with Gasteiger partial charge in [-0.3, -0.25) is 14.2 Å². The minimum absolute atomic E-state index is 0.0784. The van der Waals surface area contributed by atoms with Crippen LogP contribution < -0.4 is 4.89 Å². The van der Waals surface area contributed by atoms with E-state index in [4.69, 9.17) is 18.5 Å². The molecule has 63 heavy (non-hydrogen) atoms. The maximum absolute atomic E-state index is 12.7. The summed E-state index contributed by atoms with van der Waals surface area (Å²) in [4.78, 5) is 37.6. The summed E-state index contributed by atoms with van der Waals surface area (Å²) >= 11 is 0. The maximum Gasteiger partial charge on any atom is 0.306 e. The second-order valence-electron chi connectivity index (χ2n) is 15.9. The van der Waals surface area contributed by atoms with Gasteiger partial charge in [0.05, 0.1) is 33.9 Å². The summed E-state index contributed by atoms with van der Waals surface area (Å²) in [5, 5.41) is 10.4. The lowest BCUT2D eigenvalue weighted by molar-refractivity contribution is -0.870. The van der Waals surface area contributed by atoms with Crippen LogP contribution in [0.3, 0.4) is 0 Å². The van der Waals surface area contributed by atoms with Crippen molar-refractivity contribution in [3.63, 3.8) is 0 Å². The van der Waals surface area contributed by atoms with Crippen LogP contribution in [0.1, 0.15) is 123 Å². The van der Waals surface area contributed by atoms with E-state index in [1.165, 1.54) is 25.7 Å². The Morgan fingerprint density at radius 1 is 0.603 bits per heavy atom. The number of carbonyl (C=O) groups excluding carboxylic acids is 2. The fraction of sp³-hybridized carbons (Fsp3) is 0.538. The van der Waals surface area contributed by atoms with Crippen molar-refractivity contribution < 1.29 is 47.2 Å². The predicted molar refractivity (Wildman–Crippen MR) is 260 cm³/mol. The predicted octanol–water partition coefficient (Wildman–Crippen LogP) is 11.8. The van der Waals surface area contributed by atoms with Crippen molar-refractivity contribution in [1.82, 2.24) is 0 Å². The van der Waals surface area contributed by atoms with Crippen LogP contribution in [0.5, 0.6) is 0 Å². The first kappa shape index (κ1) is 59.1. The number of quaternary nitrogens is 1. The van der Waals surface area contributed by atoms with Crippen LogP contribution >= 0.6 is 7.82 Å². The number of rotatable bonds is 39. The molecule has 0 aromatic carbocycles. The van der Waals surface area contributed by atoms with E-state index in [-0.39, 0.29) is 25.9 Å². The minimum Gasteiger partial charge on any atom is -0.756 e. The van der Waals surface area contributed by atoms with Crippen molar-refractivity contribution in [3.05, 3.63) is 134 Å². The number of allylic oxidation sites excluding steroid dienone is 21. The standard InChI is InChI=1S/C52H82NO9P/c1-6-8-10-12-14-16-18-20-22-24-25-26-28-30-32-34-36-38-40-42-51(55)59-47-50(48-61-63(57,58)60-46-45-53(3,4)5)62-52(56)44-43-49(54)41-39-37-35-33-31-29-27-23-21-19-17-15-13-11-9-7-2/h9,11,14-17,20-23,25-26,29-32,35-39,41,49-50,54H,6-8,10,12-13,18-19,24,27-28,33-34,40,42-48H2,1-5H3/b11-9-,16-14-,17-15-,22-20-,23-21-,26-25-,31-29-,32-30-,37-35-,38-36-,41-39-/t49?,50-/m1/s1. The molecule has 10 nitrogen and oxygen atoms in total. The lowest BCUT2D eigenvalue weighted by atomic mass is 10.2. The molecule has 11 heteroatoms. The Bertz CT molecular complexity index is 1540. The number of phosphoric acid groups is 1. The molecule has 0 saturated heterocycles. The van der Waals surface area contributed by atoms with E-state index in [0.29, 0.717) is 17.4 Å². The first-order valence-electron chi connectivity index (χ1n) is 23.0. The van der Waals surface area contributed by atoms with Gasteiger partial charge < -0.3 is 33.0 Å². The van der Waals surface area contributed by atoms with E-state index >= 15 is 0 Å². The van der Waals surface area contributed by atoms with Gasteiger partial charge in [0.1, 0.15) is 19.8 Å². The van der Waals surface area contributed by atoms with Gasteiger partial charge in [0.25, 0.3) is 7.82 Å². The van der Waals surface area contributed by atoms with E-state index in [2.05, 4.69) is 111 Å². The number of aliphatic hydroxyl groups is 1. The second kappa shape index (κ2) is 42.1. The number of aliphatic hydroxyl groups excluding tert-OH is 1. The average Bonchev–Trinajstić information content (AvgIpc) is 3.24. The van der Waals surface area contributed by atoms with Gasteiger partial charge in [-0.2, -0.15) is 0 Å². The van der Waals surface area contributed by atoms with Crippen LogP contribution in [0.25, 0.3) is 0 Å². The number of likely N-dealkylation sites (N-methyl/N-ethyl adjacent to an activating group) is 1. The molecule has 0 aliphatic heterocycles. The van der Waals surface area contributed by atoms with E-state index < -0.39 is 45.2 Å². The fourth-order valence-corrected chi connectivity index (χ4v) is 5.89. The first-order chi connectivity index (χ1) is 30.4. The molecular formula is C52H82NO9P. The van der Waals surface area contributed by atoms with Crippen LogP contribution in [-0.2, 0) is 32.7 Å². The quantitative estimate of drug-likeness (QED) is 0.0160. The summed E-state index contributed by atoms with van der Waals surface area (Å²) < 4.78 is 33.6. The van der Waals surface area contributed by atoms with E-state index in [9.17, 15) is 24.2 Å². The Labute approximate surface area is 382 Å². The highest BCUT2D eigenvalue weighted by Gasteiger charge is 2.22. The molecule has 1 N–H and O–H groups in total. The average molecular weight is 896 g/mol. The van der Waals surface area contributed by atoms with Crippen LogP contribution in [0.15, 0.2) is 134 Å². The number of phosphoric ester groups is 1. The Morgan fingerprint density at radius 3 is 1.60 bits per heavy atom. The molecule has 0 rings (SSSR count). The van der Waals surface area contributed by atoms with Crippen LogP contribution in [-0.4, -0.2) is 81.2 Å². The smallest absolute Gasteiger partial charge is 0.306 e. The Morgan fingerprint density at radius 2 is 1.10 bits per heavy atom. The molecule has 0 heterocycles. The van der Waals surface area contributed by atoms with Crippen molar-refractivity contribution in [3.8, 4) is 0 Å². The zero-order valence-electron chi connectivity index (χ0n) is 39.3. The SMILES string of the molecule is CC/C=C\C/C=C\C/C=C\C/C=C\C/C=C\C=C/C(O)CCC(=O)O[C@H](COC(=O)CC/C=C\C/C=C\C/C=C\C/C=C\C/C=C\CCCCC)COP(=O)([O-])OCC[N+](C)(C)C. The molecule has 3 atom stereocenters. The molecular weight excluding hydrogens is 814 g/mol. The monoisotopic (exact) mass is 896 g/mol. The summed E-state index contributed by atoms with van der Waals surface area (Å²) in [7, 11) is 0.958. The van der Waals surface area contributed by atoms with Crippen molar-refractivity contribution >= 4 is 19.8 Å². The third-order valence-corrected chi connectivity index (χ3v) is 9.75. The zero-order valence-corrected chi connectivity index (χ0v) is 40.2. The maximum atomic E-state index is 12.7. The van der Waals surface area contributed by atoms with Gasteiger partial charge in [-0.05, 0) is 83.5 Å². The number of esters is 2.